The van der Waals surface area contributed by atoms with Crippen molar-refractivity contribution in [2.45, 2.75) is 38.5 Å². The molecule has 2 aliphatic heterocycles. The second-order valence-corrected chi connectivity index (χ2v) is 10.8. The number of hydrogen-bond acceptors (Lipinski definition) is 5. The quantitative estimate of drug-likeness (QED) is 0.534. The van der Waals surface area contributed by atoms with Crippen LogP contribution in [0, 0.1) is 5.82 Å². The van der Waals surface area contributed by atoms with Gasteiger partial charge in [-0.15, -0.1) is 0 Å². The Morgan fingerprint density at radius 3 is 2.32 bits per heavy atom. The highest BCUT2D eigenvalue weighted by Crippen LogP contribution is 2.37. The Morgan fingerprint density at radius 1 is 1.10 bits per heavy atom. The zero-order valence-electron chi connectivity index (χ0n) is 23.6. The van der Waals surface area contributed by atoms with E-state index in [4.69, 9.17) is 0 Å². The fourth-order valence-corrected chi connectivity index (χ4v) is 5.23. The molecule has 3 heterocycles. The van der Waals surface area contributed by atoms with Crippen LogP contribution in [0.3, 0.4) is 0 Å². The van der Waals surface area contributed by atoms with Gasteiger partial charge in [-0.3, -0.25) is 14.5 Å². The van der Waals surface area contributed by atoms with Crippen LogP contribution in [0.15, 0.2) is 35.3 Å². The fourth-order valence-electron chi connectivity index (χ4n) is 5.23. The maximum atomic E-state index is 15.7. The number of carbonyl (C=O) groups excluding carboxylic acids is 2. The standard InChI is InChI=1S/C28H34F4N6O3/c1-16-14-38(15-17(2)36(16)5)24-12-22(29)19(18-6-8-37(9-7-18)27(41)35(3)4)10-23(24)34-26(40)20-13-33-25(39)11-21(20)28(30,31)32/h6,10-13,16-17H,7-9,14-15H2,1-5H3,(H,33,39)(H,34,40). The summed E-state index contributed by atoms with van der Waals surface area (Å²) in [5, 5.41) is 2.56. The fraction of sp³-hybridized carbons (Fsp3) is 0.464. The van der Waals surface area contributed by atoms with E-state index in [0.29, 0.717) is 43.4 Å². The average Bonchev–Trinajstić information content (AvgIpc) is 2.91. The number of anilines is 2. The lowest BCUT2D eigenvalue weighted by molar-refractivity contribution is -0.138. The number of likely N-dealkylation sites (N-methyl/N-ethyl adjacent to an activating group) is 1. The second-order valence-electron chi connectivity index (χ2n) is 10.8. The molecular formula is C28H34F4N6O3. The molecule has 13 heteroatoms. The third-order valence-corrected chi connectivity index (χ3v) is 7.72. The molecule has 1 fully saturated rings. The minimum atomic E-state index is -4.94. The van der Waals surface area contributed by atoms with Crippen molar-refractivity contribution >= 4 is 28.9 Å². The van der Waals surface area contributed by atoms with Crippen molar-refractivity contribution in [1.29, 1.82) is 0 Å². The number of rotatable bonds is 4. The molecule has 0 spiro atoms. The van der Waals surface area contributed by atoms with Crippen molar-refractivity contribution in [3.8, 4) is 0 Å². The van der Waals surface area contributed by atoms with Crippen LogP contribution in [-0.4, -0.2) is 91.0 Å². The van der Waals surface area contributed by atoms with Crippen molar-refractivity contribution in [1.82, 2.24) is 19.7 Å². The number of aromatic amines is 1. The van der Waals surface area contributed by atoms with E-state index < -0.39 is 34.6 Å². The van der Waals surface area contributed by atoms with Crippen molar-refractivity contribution in [3.63, 3.8) is 0 Å². The molecule has 222 valence electrons. The summed E-state index contributed by atoms with van der Waals surface area (Å²) >= 11 is 0. The van der Waals surface area contributed by atoms with E-state index in [0.717, 1.165) is 6.20 Å². The van der Waals surface area contributed by atoms with E-state index in [1.165, 1.54) is 17.0 Å². The van der Waals surface area contributed by atoms with Crippen LogP contribution in [0.25, 0.3) is 5.57 Å². The molecular weight excluding hydrogens is 544 g/mol. The van der Waals surface area contributed by atoms with Crippen LogP contribution in [0.2, 0.25) is 0 Å². The van der Waals surface area contributed by atoms with Crippen LogP contribution in [0.5, 0.6) is 0 Å². The van der Waals surface area contributed by atoms with Crippen molar-refractivity contribution in [2.24, 2.45) is 0 Å². The number of H-pyrrole nitrogens is 1. The Bertz CT molecular complexity index is 1410. The molecule has 1 saturated heterocycles. The summed E-state index contributed by atoms with van der Waals surface area (Å²) in [6.45, 7) is 5.63. The first-order valence-electron chi connectivity index (χ1n) is 13.2. The predicted molar refractivity (Wildman–Crippen MR) is 149 cm³/mol. The average molecular weight is 579 g/mol. The molecule has 0 bridgehead atoms. The number of benzene rings is 1. The molecule has 0 aliphatic carbocycles. The minimum Gasteiger partial charge on any atom is -0.367 e. The van der Waals surface area contributed by atoms with Gasteiger partial charge in [0.25, 0.3) is 5.91 Å². The van der Waals surface area contributed by atoms with Crippen molar-refractivity contribution < 1.29 is 27.2 Å². The predicted octanol–water partition coefficient (Wildman–Crippen LogP) is 4.08. The van der Waals surface area contributed by atoms with Gasteiger partial charge in [-0.2, -0.15) is 13.2 Å². The lowest BCUT2D eigenvalue weighted by Crippen LogP contribution is -2.55. The summed E-state index contributed by atoms with van der Waals surface area (Å²) in [6.07, 6.45) is -2.13. The Kier molecular flexibility index (Phi) is 8.48. The van der Waals surface area contributed by atoms with E-state index in [1.807, 2.05) is 25.8 Å². The van der Waals surface area contributed by atoms with Gasteiger partial charge in [0.1, 0.15) is 5.82 Å². The van der Waals surface area contributed by atoms with Gasteiger partial charge in [-0.25, -0.2) is 9.18 Å². The number of urea groups is 1. The molecule has 2 N–H and O–H groups in total. The molecule has 3 amide bonds. The number of halogens is 4. The minimum absolute atomic E-state index is 0.0855. The highest BCUT2D eigenvalue weighted by Gasteiger charge is 2.36. The highest BCUT2D eigenvalue weighted by atomic mass is 19.4. The molecule has 2 unspecified atom stereocenters. The Hall–Kier alpha value is -3.87. The number of hydrogen-bond donors (Lipinski definition) is 2. The summed E-state index contributed by atoms with van der Waals surface area (Å²) in [6, 6.07) is 3.06. The number of carbonyl (C=O) groups is 2. The zero-order chi connectivity index (χ0) is 30.2. The van der Waals surface area contributed by atoms with Gasteiger partial charge in [0.15, 0.2) is 0 Å². The SMILES string of the molecule is CC1CN(c2cc(F)c(C3=CCN(C(=O)N(C)C)CC3)cc2NC(=O)c2c[nH]c(=O)cc2C(F)(F)F)CC(C)N1C. The molecule has 1 aromatic carbocycles. The third kappa shape index (κ3) is 6.39. The highest BCUT2D eigenvalue weighted by molar-refractivity contribution is 6.07. The summed E-state index contributed by atoms with van der Waals surface area (Å²) < 4.78 is 56.7. The molecule has 41 heavy (non-hydrogen) atoms. The maximum absolute atomic E-state index is 15.7. The van der Waals surface area contributed by atoms with E-state index in [9.17, 15) is 27.6 Å². The van der Waals surface area contributed by atoms with Gasteiger partial charge in [0, 0.05) is 70.2 Å². The van der Waals surface area contributed by atoms with Crippen LogP contribution < -0.4 is 15.8 Å². The Morgan fingerprint density at radius 2 is 1.76 bits per heavy atom. The third-order valence-electron chi connectivity index (χ3n) is 7.72. The van der Waals surface area contributed by atoms with Gasteiger partial charge < -0.3 is 25.0 Å². The maximum Gasteiger partial charge on any atom is 0.417 e. The van der Waals surface area contributed by atoms with Crippen LogP contribution in [-0.2, 0) is 6.18 Å². The zero-order valence-corrected chi connectivity index (χ0v) is 23.6. The van der Waals surface area contributed by atoms with Crippen LogP contribution in [0.1, 0.15) is 41.8 Å². The first-order chi connectivity index (χ1) is 19.2. The molecule has 9 nitrogen and oxygen atoms in total. The summed E-state index contributed by atoms with van der Waals surface area (Å²) in [7, 11) is 5.26. The molecule has 0 radical (unpaired) electrons. The molecule has 0 saturated carbocycles. The first kappa shape index (κ1) is 30.1. The lowest BCUT2D eigenvalue weighted by Gasteiger charge is -2.44. The summed E-state index contributed by atoms with van der Waals surface area (Å²) in [5.41, 5.74) is -1.84. The molecule has 1 aromatic heterocycles. The smallest absolute Gasteiger partial charge is 0.367 e. The number of nitrogens with one attached hydrogen (secondary N) is 2. The number of aromatic nitrogens is 1. The topological polar surface area (TPSA) is 92.0 Å². The summed E-state index contributed by atoms with van der Waals surface area (Å²) in [5.74, 6) is -1.64. The molecule has 2 aliphatic rings. The van der Waals surface area contributed by atoms with Gasteiger partial charge in [0.05, 0.1) is 22.5 Å². The number of amides is 3. The first-order valence-corrected chi connectivity index (χ1v) is 13.2. The number of piperazine rings is 1. The largest absolute Gasteiger partial charge is 0.417 e. The van der Waals surface area contributed by atoms with E-state index in [1.54, 1.807) is 25.1 Å². The van der Waals surface area contributed by atoms with Gasteiger partial charge in [-0.1, -0.05) is 6.08 Å². The van der Waals surface area contributed by atoms with Gasteiger partial charge in [0.2, 0.25) is 5.56 Å². The summed E-state index contributed by atoms with van der Waals surface area (Å²) in [4.78, 5) is 46.4. The van der Waals surface area contributed by atoms with Crippen LogP contribution in [0.4, 0.5) is 33.7 Å². The molecule has 2 aromatic rings. The van der Waals surface area contributed by atoms with Gasteiger partial charge in [-0.05, 0) is 45.0 Å². The van der Waals surface area contributed by atoms with E-state index >= 15 is 4.39 Å². The Labute approximate surface area is 235 Å². The second kappa shape index (κ2) is 11.6. The molecule has 4 rings (SSSR count). The molecule has 2 atom stereocenters. The van der Waals surface area contributed by atoms with Gasteiger partial charge >= 0.3 is 12.2 Å². The monoisotopic (exact) mass is 578 g/mol. The lowest BCUT2D eigenvalue weighted by atomic mass is 9.97. The van der Waals surface area contributed by atoms with E-state index in [2.05, 4.69) is 15.2 Å². The van der Waals surface area contributed by atoms with Crippen molar-refractivity contribution in [2.75, 3.05) is 57.5 Å². The number of nitrogens with zero attached hydrogens (tertiary/aromatic N) is 4. The Balaban J connectivity index is 1.76. The van der Waals surface area contributed by atoms with Crippen LogP contribution >= 0.6 is 0 Å². The van der Waals surface area contributed by atoms with E-state index in [-0.39, 0.29) is 35.9 Å². The number of pyridine rings is 1. The number of alkyl halides is 3. The normalized spacial score (nSPS) is 20.1. The van der Waals surface area contributed by atoms with Crippen molar-refractivity contribution in [3.05, 3.63) is 63.3 Å².